The molecule has 2 heterocycles. The number of pyridine rings is 1. The Morgan fingerprint density at radius 2 is 1.58 bits per heavy atom. The number of methoxy groups -OCH3 is 1. The summed E-state index contributed by atoms with van der Waals surface area (Å²) in [5, 5.41) is 1.16. The van der Waals surface area contributed by atoms with Crippen molar-refractivity contribution in [3.63, 3.8) is 0 Å². The van der Waals surface area contributed by atoms with Gasteiger partial charge in [-0.1, -0.05) is 35.9 Å². The van der Waals surface area contributed by atoms with Crippen LogP contribution in [0.15, 0.2) is 108 Å². The summed E-state index contributed by atoms with van der Waals surface area (Å²) in [5.74, 6) is 1.76. The first-order valence-electron chi connectivity index (χ1n) is 10.4. The van der Waals surface area contributed by atoms with Gasteiger partial charge in [-0.05, 0) is 77.8 Å². The van der Waals surface area contributed by atoms with Crippen molar-refractivity contribution in [3.8, 4) is 22.8 Å². The highest BCUT2D eigenvalue weighted by atomic mass is 35.5. The number of nitrogens with zero attached hydrogens (tertiary/aromatic N) is 3. The predicted molar refractivity (Wildman–Crippen MR) is 136 cm³/mol. The third-order valence-corrected chi connectivity index (χ3v) is 5.93. The molecule has 0 N–H and O–H groups in total. The normalized spacial score (nSPS) is 11.6. The van der Waals surface area contributed by atoms with E-state index in [0.29, 0.717) is 10.1 Å². The Morgan fingerprint density at radius 1 is 0.879 bits per heavy atom. The number of benzene rings is 3. The van der Waals surface area contributed by atoms with E-state index in [-0.39, 0.29) is 0 Å². The Kier molecular flexibility index (Phi) is 5.82. The van der Waals surface area contributed by atoms with Crippen LogP contribution in [-0.2, 0) is 12.6 Å². The van der Waals surface area contributed by atoms with Crippen molar-refractivity contribution in [3.05, 3.63) is 114 Å². The number of hydrogen-bond donors (Lipinski definition) is 0. The average Bonchev–Trinajstić information content (AvgIpc) is 3.21. The molecular weight excluding hydrogens is 450 g/mol. The minimum Gasteiger partial charge on any atom is -0.756 e. The summed E-state index contributed by atoms with van der Waals surface area (Å²) in [5.41, 5.74) is 4.58. The van der Waals surface area contributed by atoms with Gasteiger partial charge in [0.05, 0.1) is 24.6 Å². The molecule has 0 saturated carbocycles. The number of ether oxygens (including phenoxy) is 1. The van der Waals surface area contributed by atoms with Crippen molar-refractivity contribution in [1.82, 2.24) is 4.57 Å². The molecule has 3 aromatic carbocycles. The highest BCUT2D eigenvalue weighted by Crippen LogP contribution is 2.28. The second-order valence-corrected chi connectivity index (χ2v) is 8.24. The molecule has 0 aliphatic rings. The predicted octanol–water partition coefficient (Wildman–Crippen LogP) is 6.17. The van der Waals surface area contributed by atoms with Crippen molar-refractivity contribution in [2.24, 2.45) is 4.99 Å². The Morgan fingerprint density at radius 3 is 2.27 bits per heavy atom. The average molecular weight is 470 g/mol. The van der Waals surface area contributed by atoms with E-state index in [1.165, 1.54) is 0 Å². The first kappa shape index (κ1) is 21.2. The lowest BCUT2D eigenvalue weighted by atomic mass is 10.2. The zero-order chi connectivity index (χ0) is 22.8. The van der Waals surface area contributed by atoms with Crippen molar-refractivity contribution in [1.29, 1.82) is 0 Å². The second kappa shape index (κ2) is 9.06. The van der Waals surface area contributed by atoms with E-state index in [4.69, 9.17) is 34.0 Å². The van der Waals surface area contributed by atoms with Crippen LogP contribution in [0.25, 0.3) is 22.6 Å². The van der Waals surface area contributed by atoms with E-state index in [1.807, 2.05) is 85.1 Å². The van der Waals surface area contributed by atoms with Gasteiger partial charge < -0.3 is 17.4 Å². The lowest BCUT2D eigenvalue weighted by molar-refractivity contribution is -0.499. The van der Waals surface area contributed by atoms with Gasteiger partial charge in [-0.2, -0.15) is 8.97 Å². The number of imidazole rings is 1. The summed E-state index contributed by atoms with van der Waals surface area (Å²) in [7, 11) is 1.64. The molecule has 0 aliphatic heterocycles. The molecular formula is C27H20ClN3OS. The minimum atomic E-state index is 0.487. The van der Waals surface area contributed by atoms with Crippen LogP contribution >= 0.6 is 11.6 Å². The molecule has 33 heavy (non-hydrogen) atoms. The zero-order valence-electron chi connectivity index (χ0n) is 17.9. The molecule has 2 aromatic heterocycles. The van der Waals surface area contributed by atoms with E-state index in [9.17, 15) is 0 Å². The van der Waals surface area contributed by atoms with Crippen molar-refractivity contribution in [2.45, 2.75) is 0 Å². The molecule has 0 spiro atoms. The highest BCUT2D eigenvalue weighted by molar-refractivity contribution is 7.78. The van der Waals surface area contributed by atoms with Gasteiger partial charge in [-0.15, -0.1) is 0 Å². The monoisotopic (exact) mass is 469 g/mol. The smallest absolute Gasteiger partial charge is 0.299 e. The first-order chi connectivity index (χ1) is 16.2. The van der Waals surface area contributed by atoms with Crippen LogP contribution < -0.4 is 9.14 Å². The number of fused-ring (bicyclic) bond motifs is 1. The van der Waals surface area contributed by atoms with Gasteiger partial charge in [-0.25, -0.2) is 0 Å². The number of rotatable bonds is 5. The lowest BCUT2D eigenvalue weighted by Gasteiger charge is -2.12. The summed E-state index contributed by atoms with van der Waals surface area (Å²) in [6, 6.07) is 31.6. The Labute approximate surface area is 202 Å². The fourth-order valence-corrected chi connectivity index (χ4v) is 4.31. The van der Waals surface area contributed by atoms with Gasteiger partial charge in [0.1, 0.15) is 11.4 Å². The van der Waals surface area contributed by atoms with Crippen molar-refractivity contribution >= 4 is 40.5 Å². The molecule has 162 valence electrons. The molecule has 4 nitrogen and oxygen atoms in total. The van der Waals surface area contributed by atoms with Crippen LogP contribution in [0.2, 0.25) is 5.02 Å². The van der Waals surface area contributed by atoms with Crippen molar-refractivity contribution in [2.75, 3.05) is 7.11 Å². The van der Waals surface area contributed by atoms with Gasteiger partial charge in [0.25, 0.3) is 5.82 Å². The Balaban J connectivity index is 1.81. The van der Waals surface area contributed by atoms with Gasteiger partial charge >= 0.3 is 0 Å². The minimum absolute atomic E-state index is 0.487. The first-order valence-corrected chi connectivity index (χ1v) is 11.2. The Bertz CT molecular complexity index is 1440. The van der Waals surface area contributed by atoms with E-state index in [0.717, 1.165) is 39.7 Å². The summed E-state index contributed by atoms with van der Waals surface area (Å²) in [6.45, 7) is 0. The number of aliphatic imine (C=N–C) groups is 1. The molecule has 0 bridgehead atoms. The van der Waals surface area contributed by atoms with Crippen molar-refractivity contribution < 1.29 is 9.14 Å². The largest absolute Gasteiger partial charge is 0.756 e. The number of halogens is 1. The van der Waals surface area contributed by atoms with E-state index < -0.39 is 0 Å². The van der Waals surface area contributed by atoms with E-state index in [2.05, 4.69) is 27.2 Å². The topological polar surface area (TPSA) is 30.6 Å². The molecule has 5 aromatic rings. The zero-order valence-corrected chi connectivity index (χ0v) is 19.4. The Hall–Kier alpha value is -3.67. The molecule has 0 amide bonds. The third kappa shape index (κ3) is 4.09. The fraction of sp³-hybridized carbons (Fsp3) is 0.0370. The van der Waals surface area contributed by atoms with Gasteiger partial charge in [0.15, 0.2) is 11.2 Å². The molecule has 0 saturated heterocycles. The number of hydrogen-bond acceptors (Lipinski definition) is 3. The maximum absolute atomic E-state index is 6.20. The van der Waals surface area contributed by atoms with Crippen LogP contribution in [0.3, 0.4) is 0 Å². The summed E-state index contributed by atoms with van der Waals surface area (Å²) in [4.78, 5) is 4.78. The van der Waals surface area contributed by atoms with Crippen LogP contribution in [0.4, 0.5) is 5.69 Å². The van der Waals surface area contributed by atoms with Gasteiger partial charge in [0.2, 0.25) is 0 Å². The van der Waals surface area contributed by atoms with E-state index >= 15 is 0 Å². The van der Waals surface area contributed by atoms with Crippen LogP contribution in [0, 0.1) is 0 Å². The van der Waals surface area contributed by atoms with Gasteiger partial charge in [0, 0.05) is 5.02 Å². The highest BCUT2D eigenvalue weighted by Gasteiger charge is 2.28. The van der Waals surface area contributed by atoms with Crippen LogP contribution in [0.1, 0.15) is 5.69 Å². The molecule has 5 rings (SSSR count). The SMILES string of the molecule is COc1ccc(N=C([S-])c2c3cccc[n+]3c(-c3ccccc3)n2-c2ccc(Cl)cc2)cc1. The molecule has 0 fully saturated rings. The molecule has 0 aliphatic carbocycles. The van der Waals surface area contributed by atoms with Crippen LogP contribution in [-0.4, -0.2) is 16.7 Å². The fourth-order valence-electron chi connectivity index (χ4n) is 3.88. The quantitative estimate of drug-likeness (QED) is 0.133. The standard InChI is InChI=1S/C27H20ClN3OS/c1-32-23-16-12-21(13-17-23)29-26(33)25-24-9-5-6-18-30(24)27(19-7-3-2-4-8-19)31(25)22-14-10-20(28)11-15-22/h2-18H,1H3. The van der Waals surface area contributed by atoms with Gasteiger partial charge in [-0.3, -0.25) is 4.99 Å². The molecule has 0 radical (unpaired) electrons. The second-order valence-electron chi connectivity index (χ2n) is 7.42. The molecule has 0 unspecified atom stereocenters. The number of aromatic nitrogens is 2. The molecule has 6 heteroatoms. The van der Waals surface area contributed by atoms with Crippen LogP contribution in [0.5, 0.6) is 5.75 Å². The maximum Gasteiger partial charge on any atom is 0.299 e. The lowest BCUT2D eigenvalue weighted by Crippen LogP contribution is -2.22. The third-order valence-electron chi connectivity index (χ3n) is 5.39. The summed E-state index contributed by atoms with van der Waals surface area (Å²) >= 11 is 12.1. The summed E-state index contributed by atoms with van der Waals surface area (Å²) in [6.07, 6.45) is 2.05. The van der Waals surface area contributed by atoms with E-state index in [1.54, 1.807) is 7.11 Å². The maximum atomic E-state index is 6.20. The summed E-state index contributed by atoms with van der Waals surface area (Å²) < 4.78 is 9.56. The molecule has 0 atom stereocenters.